The molecule has 3 rings (SSSR count). The van der Waals surface area contributed by atoms with Gasteiger partial charge in [-0.2, -0.15) is 13.2 Å². The van der Waals surface area contributed by atoms with Gasteiger partial charge in [0, 0.05) is 19.9 Å². The van der Waals surface area contributed by atoms with Gasteiger partial charge in [-0.15, -0.1) is 0 Å². The number of alkyl halides is 3. The predicted molar refractivity (Wildman–Crippen MR) is 77.5 cm³/mol. The molecule has 0 aromatic carbocycles. The van der Waals surface area contributed by atoms with Crippen LogP contribution in [0.2, 0.25) is 0 Å². The minimum absolute atomic E-state index is 0.0763. The minimum atomic E-state index is -4.68. The molecular formula is C15H16F3N3O3. The number of carbonyl (C=O) groups is 1. The van der Waals surface area contributed by atoms with E-state index in [0.29, 0.717) is 6.42 Å². The largest absolute Gasteiger partial charge is 0.450 e. The number of aliphatic hydroxyl groups excluding tert-OH is 1. The van der Waals surface area contributed by atoms with Crippen LogP contribution in [-0.2, 0) is 10.9 Å². The maximum Gasteiger partial charge on any atom is 0.450 e. The van der Waals surface area contributed by atoms with E-state index in [1.165, 1.54) is 30.3 Å². The van der Waals surface area contributed by atoms with E-state index in [9.17, 15) is 23.1 Å². The van der Waals surface area contributed by atoms with Gasteiger partial charge >= 0.3 is 6.18 Å². The molecule has 3 heterocycles. The van der Waals surface area contributed by atoms with E-state index in [0.717, 1.165) is 4.40 Å². The normalized spacial score (nSPS) is 21.6. The zero-order valence-electron chi connectivity index (χ0n) is 12.8. The number of methoxy groups -OCH3 is 1. The van der Waals surface area contributed by atoms with Crippen molar-refractivity contribution in [3.05, 3.63) is 35.9 Å². The number of hydrogen-bond donors (Lipinski definition) is 1. The van der Waals surface area contributed by atoms with Crippen LogP contribution < -0.4 is 0 Å². The first-order chi connectivity index (χ1) is 11.4. The number of aromatic nitrogens is 2. The fourth-order valence-corrected chi connectivity index (χ4v) is 3.00. The number of ether oxygens (including phenoxy) is 1. The summed E-state index contributed by atoms with van der Waals surface area (Å²) in [5.74, 6) is -1.79. The quantitative estimate of drug-likeness (QED) is 0.919. The first-order valence-electron chi connectivity index (χ1n) is 7.35. The summed E-state index contributed by atoms with van der Waals surface area (Å²) in [7, 11) is 1.49. The van der Waals surface area contributed by atoms with Gasteiger partial charge in [0.15, 0.2) is 5.69 Å². The van der Waals surface area contributed by atoms with Crippen LogP contribution in [0.5, 0.6) is 0 Å². The fraction of sp³-hybridized carbons (Fsp3) is 0.467. The Morgan fingerprint density at radius 1 is 1.46 bits per heavy atom. The van der Waals surface area contributed by atoms with Gasteiger partial charge in [0.05, 0.1) is 24.3 Å². The van der Waals surface area contributed by atoms with Crippen molar-refractivity contribution in [1.82, 2.24) is 14.3 Å². The summed E-state index contributed by atoms with van der Waals surface area (Å²) >= 11 is 0. The number of fused-ring (bicyclic) bond motifs is 1. The van der Waals surface area contributed by atoms with Crippen LogP contribution in [0.15, 0.2) is 24.4 Å². The standard InChI is InChI=1S/C15H16F3N3O3/c1-24-10-6-9(8-22)21(7-10)13(23)12-11-4-2-3-5-20(11)14(19-12)15(16,17)18/h2-5,9-10,22H,6-8H2,1H3/t9-,10-/m0/s1. The molecule has 0 bridgehead atoms. The third-order valence-corrected chi connectivity index (χ3v) is 4.19. The van der Waals surface area contributed by atoms with Crippen molar-refractivity contribution in [3.8, 4) is 0 Å². The molecule has 6 nitrogen and oxygen atoms in total. The lowest BCUT2D eigenvalue weighted by Crippen LogP contribution is -2.38. The molecule has 1 saturated heterocycles. The Labute approximate surface area is 135 Å². The number of hydrogen-bond acceptors (Lipinski definition) is 4. The molecule has 9 heteroatoms. The number of likely N-dealkylation sites (tertiary alicyclic amines) is 1. The molecular weight excluding hydrogens is 327 g/mol. The molecule has 130 valence electrons. The fourth-order valence-electron chi connectivity index (χ4n) is 3.00. The highest BCUT2D eigenvalue weighted by atomic mass is 19.4. The number of pyridine rings is 1. The Hall–Kier alpha value is -2.13. The van der Waals surface area contributed by atoms with Crippen molar-refractivity contribution >= 4 is 11.4 Å². The van der Waals surface area contributed by atoms with E-state index >= 15 is 0 Å². The lowest BCUT2D eigenvalue weighted by atomic mass is 10.2. The van der Waals surface area contributed by atoms with Crippen LogP contribution in [0.1, 0.15) is 22.7 Å². The second-order valence-electron chi connectivity index (χ2n) is 5.62. The maximum atomic E-state index is 13.2. The summed E-state index contributed by atoms with van der Waals surface area (Å²) in [5, 5.41) is 9.44. The Morgan fingerprint density at radius 2 is 2.21 bits per heavy atom. The first-order valence-corrected chi connectivity index (χ1v) is 7.35. The van der Waals surface area contributed by atoms with Crippen LogP contribution in [0.3, 0.4) is 0 Å². The molecule has 1 fully saturated rings. The Bertz CT molecular complexity index is 759. The van der Waals surface area contributed by atoms with Crippen molar-refractivity contribution in [2.75, 3.05) is 20.3 Å². The predicted octanol–water partition coefficient (Wildman–Crippen LogP) is 1.57. The molecule has 0 saturated carbocycles. The molecule has 2 atom stereocenters. The van der Waals surface area contributed by atoms with E-state index in [-0.39, 0.29) is 30.5 Å². The van der Waals surface area contributed by atoms with Gasteiger partial charge in [0.25, 0.3) is 5.91 Å². The SMILES string of the molecule is CO[C@H]1C[C@@H](CO)N(C(=O)c2nc(C(F)(F)F)n3ccccc23)C1. The maximum absolute atomic E-state index is 13.2. The van der Waals surface area contributed by atoms with Crippen molar-refractivity contribution in [2.24, 2.45) is 0 Å². The molecule has 24 heavy (non-hydrogen) atoms. The average Bonchev–Trinajstić information content (AvgIpc) is 3.15. The number of imidazole rings is 1. The molecule has 0 spiro atoms. The second-order valence-corrected chi connectivity index (χ2v) is 5.62. The molecule has 1 amide bonds. The minimum Gasteiger partial charge on any atom is -0.394 e. The first kappa shape index (κ1) is 16.7. The highest BCUT2D eigenvalue weighted by Gasteiger charge is 2.41. The molecule has 2 aromatic heterocycles. The van der Waals surface area contributed by atoms with Crippen LogP contribution in [0.25, 0.3) is 5.52 Å². The molecule has 2 aromatic rings. The van der Waals surface area contributed by atoms with E-state index < -0.39 is 23.9 Å². The Kier molecular flexibility index (Phi) is 4.22. The zero-order chi connectivity index (χ0) is 17.5. The lowest BCUT2D eigenvalue weighted by Gasteiger charge is -2.21. The summed E-state index contributed by atoms with van der Waals surface area (Å²) in [6.45, 7) is -0.0860. The van der Waals surface area contributed by atoms with E-state index in [1.54, 1.807) is 6.07 Å². The average molecular weight is 343 g/mol. The topological polar surface area (TPSA) is 67.1 Å². The van der Waals surface area contributed by atoms with Crippen LogP contribution in [0.4, 0.5) is 13.2 Å². The van der Waals surface area contributed by atoms with E-state index in [2.05, 4.69) is 4.98 Å². The highest BCUT2D eigenvalue weighted by molar-refractivity contribution is 5.99. The smallest absolute Gasteiger partial charge is 0.394 e. The number of carbonyl (C=O) groups excluding carboxylic acids is 1. The van der Waals surface area contributed by atoms with Crippen molar-refractivity contribution < 1.29 is 27.8 Å². The molecule has 0 unspecified atom stereocenters. The van der Waals surface area contributed by atoms with Gasteiger partial charge in [0.1, 0.15) is 0 Å². The van der Waals surface area contributed by atoms with Gasteiger partial charge < -0.3 is 14.7 Å². The lowest BCUT2D eigenvalue weighted by molar-refractivity contribution is -0.145. The van der Waals surface area contributed by atoms with Crippen LogP contribution in [-0.4, -0.2) is 57.7 Å². The van der Waals surface area contributed by atoms with Crippen molar-refractivity contribution in [3.63, 3.8) is 0 Å². The second kappa shape index (κ2) is 6.06. The summed E-state index contributed by atoms with van der Waals surface area (Å²) in [6.07, 6.45) is -3.30. The van der Waals surface area contributed by atoms with Crippen molar-refractivity contribution in [1.29, 1.82) is 0 Å². The molecule has 1 N–H and O–H groups in total. The van der Waals surface area contributed by atoms with Gasteiger partial charge in [-0.25, -0.2) is 4.98 Å². The summed E-state index contributed by atoms with van der Waals surface area (Å²) in [4.78, 5) is 17.6. The van der Waals surface area contributed by atoms with Gasteiger partial charge in [-0.05, 0) is 18.6 Å². The Morgan fingerprint density at radius 3 is 2.83 bits per heavy atom. The van der Waals surface area contributed by atoms with Crippen LogP contribution >= 0.6 is 0 Å². The molecule has 1 aliphatic heterocycles. The number of aliphatic hydroxyl groups is 1. The number of rotatable bonds is 3. The third kappa shape index (κ3) is 2.73. The van der Waals surface area contributed by atoms with Gasteiger partial charge in [0.2, 0.25) is 5.82 Å². The van der Waals surface area contributed by atoms with E-state index in [4.69, 9.17) is 4.74 Å². The van der Waals surface area contributed by atoms with Gasteiger partial charge in [-0.1, -0.05) is 6.07 Å². The summed E-state index contributed by atoms with van der Waals surface area (Å²) in [6, 6.07) is 3.88. The van der Waals surface area contributed by atoms with Crippen molar-refractivity contribution in [2.45, 2.75) is 24.7 Å². The molecule has 0 radical (unpaired) electrons. The molecule has 1 aliphatic rings. The molecule has 0 aliphatic carbocycles. The summed E-state index contributed by atoms with van der Waals surface area (Å²) < 4.78 is 45.5. The third-order valence-electron chi connectivity index (χ3n) is 4.19. The number of nitrogens with zero attached hydrogens (tertiary/aromatic N) is 3. The van der Waals surface area contributed by atoms with E-state index in [1.807, 2.05) is 0 Å². The Balaban J connectivity index is 2.05. The zero-order valence-corrected chi connectivity index (χ0v) is 12.8. The number of halogens is 3. The summed E-state index contributed by atoms with van der Waals surface area (Å²) in [5.41, 5.74) is -0.203. The van der Waals surface area contributed by atoms with Crippen LogP contribution in [0, 0.1) is 0 Å². The highest BCUT2D eigenvalue weighted by Crippen LogP contribution is 2.31. The van der Waals surface area contributed by atoms with Gasteiger partial charge in [-0.3, -0.25) is 9.20 Å². The number of amides is 1. The monoisotopic (exact) mass is 343 g/mol.